The van der Waals surface area contributed by atoms with Crippen LogP contribution in [0.2, 0.25) is 0 Å². The predicted octanol–water partition coefficient (Wildman–Crippen LogP) is 0.391. The number of imidazole rings is 1. The minimum atomic E-state index is 0.566. The minimum absolute atomic E-state index is 0.566. The second-order valence-electron chi connectivity index (χ2n) is 3.36. The average molecular weight is 215 g/mol. The summed E-state index contributed by atoms with van der Waals surface area (Å²) in [5.41, 5.74) is 0.904. The Kier molecular flexibility index (Phi) is 1.82. The number of hydrogen-bond acceptors (Lipinski definition) is 4. The van der Waals surface area contributed by atoms with Crippen molar-refractivity contribution >= 4 is 0 Å². The molecule has 0 aliphatic carbocycles. The number of aryl methyl sites for hydroxylation is 1. The third kappa shape index (κ3) is 1.38. The largest absolute Gasteiger partial charge is 0.275 e. The zero-order valence-corrected chi connectivity index (χ0v) is 8.57. The Hall–Kier alpha value is -2.44. The van der Waals surface area contributed by atoms with Crippen LogP contribution in [-0.4, -0.2) is 34.5 Å². The van der Waals surface area contributed by atoms with Gasteiger partial charge in [-0.1, -0.05) is 0 Å². The Labute approximate surface area is 90.8 Å². The van der Waals surface area contributed by atoms with Crippen LogP contribution in [0.1, 0.15) is 0 Å². The van der Waals surface area contributed by atoms with E-state index >= 15 is 0 Å². The molecule has 0 saturated heterocycles. The lowest BCUT2D eigenvalue weighted by molar-refractivity contribution is 0.768. The lowest BCUT2D eigenvalue weighted by atomic mass is 10.3. The molecule has 7 heteroatoms. The molecule has 3 aromatic heterocycles. The summed E-state index contributed by atoms with van der Waals surface area (Å²) in [5.74, 6) is 1.26. The molecule has 0 radical (unpaired) electrons. The fraction of sp³-hybridized carbons (Fsp3) is 0.111. The molecule has 3 rings (SSSR count). The molecule has 0 fully saturated rings. The van der Waals surface area contributed by atoms with E-state index in [0.717, 1.165) is 5.56 Å². The van der Waals surface area contributed by atoms with Crippen molar-refractivity contribution in [3.63, 3.8) is 0 Å². The molecule has 0 atom stereocenters. The summed E-state index contributed by atoms with van der Waals surface area (Å²) in [6.07, 6.45) is 8.73. The van der Waals surface area contributed by atoms with Crippen molar-refractivity contribution in [3.8, 4) is 17.3 Å². The number of rotatable bonds is 2. The molecule has 0 amide bonds. The Morgan fingerprint density at radius 3 is 3.00 bits per heavy atom. The lowest BCUT2D eigenvalue weighted by Crippen LogP contribution is -1.91. The van der Waals surface area contributed by atoms with Gasteiger partial charge in [0.25, 0.3) is 5.95 Å². The standard InChI is InChI=1S/C9H9N7/c1-15-5-7(4-11-15)8-12-9(14-13-8)16-3-2-10-6-16/h2-6H,1H3,(H,12,13,14). The van der Waals surface area contributed by atoms with Gasteiger partial charge in [-0.3, -0.25) is 14.3 Å². The molecule has 0 saturated carbocycles. The van der Waals surface area contributed by atoms with Gasteiger partial charge in [0.1, 0.15) is 6.33 Å². The summed E-state index contributed by atoms with van der Waals surface area (Å²) in [7, 11) is 1.86. The Balaban J connectivity index is 2.00. The van der Waals surface area contributed by atoms with Crippen molar-refractivity contribution < 1.29 is 0 Å². The van der Waals surface area contributed by atoms with Crippen LogP contribution in [-0.2, 0) is 7.05 Å². The zero-order chi connectivity index (χ0) is 11.0. The molecule has 0 bridgehead atoms. The van der Waals surface area contributed by atoms with Crippen molar-refractivity contribution in [1.82, 2.24) is 34.5 Å². The lowest BCUT2D eigenvalue weighted by Gasteiger charge is -1.90. The molecule has 16 heavy (non-hydrogen) atoms. The van der Waals surface area contributed by atoms with Gasteiger partial charge in [0.2, 0.25) is 0 Å². The van der Waals surface area contributed by atoms with Crippen LogP contribution in [0.25, 0.3) is 17.3 Å². The van der Waals surface area contributed by atoms with Gasteiger partial charge in [0, 0.05) is 25.6 Å². The number of aromatic amines is 1. The summed E-state index contributed by atoms with van der Waals surface area (Å²) >= 11 is 0. The predicted molar refractivity (Wildman–Crippen MR) is 55.7 cm³/mol. The number of nitrogens with zero attached hydrogens (tertiary/aromatic N) is 6. The van der Waals surface area contributed by atoms with Crippen molar-refractivity contribution in [2.24, 2.45) is 7.05 Å². The molecule has 0 spiro atoms. The van der Waals surface area contributed by atoms with E-state index in [4.69, 9.17) is 0 Å². The van der Waals surface area contributed by atoms with E-state index in [9.17, 15) is 0 Å². The highest BCUT2D eigenvalue weighted by atomic mass is 15.3. The first-order valence-electron chi connectivity index (χ1n) is 4.73. The van der Waals surface area contributed by atoms with E-state index < -0.39 is 0 Å². The smallest absolute Gasteiger partial charge is 0.254 e. The number of nitrogens with one attached hydrogen (secondary N) is 1. The van der Waals surface area contributed by atoms with E-state index in [-0.39, 0.29) is 0 Å². The highest BCUT2D eigenvalue weighted by Gasteiger charge is 2.07. The fourth-order valence-corrected chi connectivity index (χ4v) is 1.42. The highest BCUT2D eigenvalue weighted by Crippen LogP contribution is 2.13. The summed E-state index contributed by atoms with van der Waals surface area (Å²) in [6.45, 7) is 0. The first-order valence-corrected chi connectivity index (χ1v) is 4.73. The third-order valence-corrected chi connectivity index (χ3v) is 2.19. The molecule has 80 valence electrons. The zero-order valence-electron chi connectivity index (χ0n) is 8.57. The Morgan fingerprint density at radius 2 is 2.31 bits per heavy atom. The van der Waals surface area contributed by atoms with Crippen molar-refractivity contribution in [1.29, 1.82) is 0 Å². The molecule has 0 aromatic carbocycles. The fourth-order valence-electron chi connectivity index (χ4n) is 1.42. The molecule has 0 aliphatic rings. The number of H-pyrrole nitrogens is 1. The van der Waals surface area contributed by atoms with E-state index in [1.807, 2.05) is 13.2 Å². The van der Waals surface area contributed by atoms with Gasteiger partial charge in [-0.05, 0) is 0 Å². The maximum absolute atomic E-state index is 4.34. The minimum Gasteiger partial charge on any atom is -0.275 e. The molecule has 3 heterocycles. The van der Waals surface area contributed by atoms with Crippen LogP contribution in [0.4, 0.5) is 0 Å². The second kappa shape index (κ2) is 3.30. The van der Waals surface area contributed by atoms with Gasteiger partial charge in [0.05, 0.1) is 11.8 Å². The third-order valence-electron chi connectivity index (χ3n) is 2.19. The number of hydrogen-bond donors (Lipinski definition) is 1. The molecule has 7 nitrogen and oxygen atoms in total. The summed E-state index contributed by atoms with van der Waals surface area (Å²) in [5, 5.41) is 11.0. The molecular formula is C9H9N7. The summed E-state index contributed by atoms with van der Waals surface area (Å²) < 4.78 is 3.45. The maximum atomic E-state index is 4.34. The molecule has 0 unspecified atom stereocenters. The van der Waals surface area contributed by atoms with E-state index in [1.54, 1.807) is 34.2 Å². The van der Waals surface area contributed by atoms with Crippen molar-refractivity contribution in [2.45, 2.75) is 0 Å². The van der Waals surface area contributed by atoms with E-state index in [1.165, 1.54) is 0 Å². The van der Waals surface area contributed by atoms with Crippen LogP contribution in [0.3, 0.4) is 0 Å². The monoisotopic (exact) mass is 215 g/mol. The van der Waals surface area contributed by atoms with Crippen LogP contribution >= 0.6 is 0 Å². The van der Waals surface area contributed by atoms with Crippen LogP contribution < -0.4 is 0 Å². The summed E-state index contributed by atoms with van der Waals surface area (Å²) in [6, 6.07) is 0. The van der Waals surface area contributed by atoms with Crippen molar-refractivity contribution in [2.75, 3.05) is 0 Å². The average Bonchev–Trinajstić information content (AvgIpc) is 2.97. The van der Waals surface area contributed by atoms with Gasteiger partial charge in [-0.2, -0.15) is 10.1 Å². The van der Waals surface area contributed by atoms with Gasteiger partial charge < -0.3 is 0 Å². The first-order chi connectivity index (χ1) is 7.83. The van der Waals surface area contributed by atoms with Crippen LogP contribution in [0, 0.1) is 0 Å². The highest BCUT2D eigenvalue weighted by molar-refractivity contribution is 5.52. The molecular weight excluding hydrogens is 206 g/mol. The van der Waals surface area contributed by atoms with E-state index in [0.29, 0.717) is 11.8 Å². The SMILES string of the molecule is Cn1cc(-c2nc(-n3ccnc3)n[nH]2)cn1. The molecule has 1 N–H and O–H groups in total. The maximum Gasteiger partial charge on any atom is 0.254 e. The van der Waals surface area contributed by atoms with Crippen molar-refractivity contribution in [3.05, 3.63) is 31.1 Å². The van der Waals surface area contributed by atoms with E-state index in [2.05, 4.69) is 25.3 Å². The van der Waals surface area contributed by atoms with Gasteiger partial charge in [0.15, 0.2) is 5.82 Å². The number of aromatic nitrogens is 7. The molecule has 0 aliphatic heterocycles. The quantitative estimate of drug-likeness (QED) is 0.670. The first kappa shape index (κ1) is 8.84. The van der Waals surface area contributed by atoms with Crippen LogP contribution in [0.5, 0.6) is 0 Å². The molecule has 3 aromatic rings. The van der Waals surface area contributed by atoms with Gasteiger partial charge in [-0.25, -0.2) is 4.98 Å². The van der Waals surface area contributed by atoms with Gasteiger partial charge >= 0.3 is 0 Å². The Morgan fingerprint density at radius 1 is 1.38 bits per heavy atom. The normalized spacial score (nSPS) is 10.8. The topological polar surface area (TPSA) is 77.2 Å². The van der Waals surface area contributed by atoms with Crippen LogP contribution in [0.15, 0.2) is 31.1 Å². The summed E-state index contributed by atoms with van der Waals surface area (Å²) in [4.78, 5) is 8.28. The van der Waals surface area contributed by atoms with Gasteiger partial charge in [-0.15, -0.1) is 5.10 Å². The second-order valence-corrected chi connectivity index (χ2v) is 3.36. The Bertz CT molecular complexity index is 589.